The second-order valence-electron chi connectivity index (χ2n) is 5.06. The molecule has 0 N–H and O–H groups in total. The zero-order valence-corrected chi connectivity index (χ0v) is 11.2. The molecule has 0 saturated heterocycles. The van der Waals surface area contributed by atoms with Gasteiger partial charge in [0.1, 0.15) is 11.3 Å². The molecule has 2 nitrogen and oxygen atoms in total. The van der Waals surface area contributed by atoms with Crippen LogP contribution in [0.1, 0.15) is 23.3 Å². The van der Waals surface area contributed by atoms with Gasteiger partial charge in [-0.15, -0.1) is 0 Å². The Kier molecular flexibility index (Phi) is 3.53. The van der Waals surface area contributed by atoms with Crippen LogP contribution in [0.5, 0.6) is 0 Å². The predicted octanol–water partition coefficient (Wildman–Crippen LogP) is 3.54. The van der Waals surface area contributed by atoms with E-state index in [1.807, 2.05) is 0 Å². The van der Waals surface area contributed by atoms with Crippen LogP contribution >= 0.6 is 0 Å². The third-order valence-electron chi connectivity index (χ3n) is 3.20. The Morgan fingerprint density at radius 1 is 1.18 bits per heavy atom. The molecule has 0 atom stereocenters. The van der Waals surface area contributed by atoms with Crippen molar-refractivity contribution in [2.45, 2.75) is 26.7 Å². The van der Waals surface area contributed by atoms with Gasteiger partial charge in [-0.3, -0.25) is 0 Å². The molecule has 1 aromatic carbocycles. The van der Waals surface area contributed by atoms with Crippen molar-refractivity contribution in [3.63, 3.8) is 0 Å². The van der Waals surface area contributed by atoms with Crippen LogP contribution in [0.3, 0.4) is 0 Å². The van der Waals surface area contributed by atoms with E-state index < -0.39 is 0 Å². The van der Waals surface area contributed by atoms with Crippen LogP contribution < -0.4 is 0 Å². The molecule has 0 radical (unpaired) electrons. The SMILES string of the molecule is Cc1ccc2oc(CCCN(C)C)c(C)c2c1. The molecule has 0 fully saturated rings. The Hall–Kier alpha value is -1.28. The lowest BCUT2D eigenvalue weighted by atomic mass is 10.1. The van der Waals surface area contributed by atoms with Gasteiger partial charge in [0, 0.05) is 11.8 Å². The number of fused-ring (bicyclic) bond motifs is 1. The number of nitrogens with zero attached hydrogens (tertiary/aromatic N) is 1. The molecular weight excluding hydrogens is 210 g/mol. The first-order valence-electron chi connectivity index (χ1n) is 6.21. The number of hydrogen-bond donors (Lipinski definition) is 0. The van der Waals surface area contributed by atoms with Crippen molar-refractivity contribution >= 4 is 11.0 Å². The molecule has 92 valence electrons. The maximum absolute atomic E-state index is 5.92. The molecule has 2 heteroatoms. The first-order chi connectivity index (χ1) is 8.08. The van der Waals surface area contributed by atoms with Crippen LogP contribution in [0.25, 0.3) is 11.0 Å². The average Bonchev–Trinajstić information content (AvgIpc) is 2.56. The van der Waals surface area contributed by atoms with Crippen LogP contribution in [0, 0.1) is 13.8 Å². The van der Waals surface area contributed by atoms with Crippen molar-refractivity contribution in [2.24, 2.45) is 0 Å². The van der Waals surface area contributed by atoms with E-state index in [9.17, 15) is 0 Å². The number of hydrogen-bond acceptors (Lipinski definition) is 2. The highest BCUT2D eigenvalue weighted by Gasteiger charge is 2.10. The van der Waals surface area contributed by atoms with Crippen molar-refractivity contribution in [1.29, 1.82) is 0 Å². The maximum Gasteiger partial charge on any atom is 0.134 e. The summed E-state index contributed by atoms with van der Waals surface area (Å²) in [7, 11) is 4.21. The standard InChI is InChI=1S/C15H21NO/c1-11-7-8-15-13(10-11)12(2)14(17-15)6-5-9-16(3)4/h7-8,10H,5-6,9H2,1-4H3. The van der Waals surface area contributed by atoms with E-state index in [2.05, 4.69) is 51.0 Å². The lowest BCUT2D eigenvalue weighted by Gasteiger charge is -2.07. The molecule has 2 rings (SSSR count). The van der Waals surface area contributed by atoms with Crippen LogP contribution in [0.2, 0.25) is 0 Å². The van der Waals surface area contributed by atoms with E-state index in [4.69, 9.17) is 4.42 Å². The molecule has 0 amide bonds. The predicted molar refractivity (Wildman–Crippen MR) is 72.6 cm³/mol. The fraction of sp³-hybridized carbons (Fsp3) is 0.467. The Bertz CT molecular complexity index is 511. The number of aryl methyl sites for hydroxylation is 3. The zero-order valence-electron chi connectivity index (χ0n) is 11.2. The number of benzene rings is 1. The Morgan fingerprint density at radius 3 is 2.65 bits per heavy atom. The quantitative estimate of drug-likeness (QED) is 0.800. The van der Waals surface area contributed by atoms with Crippen LogP contribution in [0.15, 0.2) is 22.6 Å². The highest BCUT2D eigenvalue weighted by Crippen LogP contribution is 2.26. The summed E-state index contributed by atoms with van der Waals surface area (Å²) in [6.45, 7) is 5.39. The molecule has 2 aromatic rings. The minimum atomic E-state index is 1.02. The van der Waals surface area contributed by atoms with Gasteiger partial charge in [0.15, 0.2) is 0 Å². The summed E-state index contributed by atoms with van der Waals surface area (Å²) in [5, 5.41) is 1.27. The summed E-state index contributed by atoms with van der Waals surface area (Å²) >= 11 is 0. The highest BCUT2D eigenvalue weighted by molar-refractivity contribution is 5.82. The fourth-order valence-corrected chi connectivity index (χ4v) is 2.18. The van der Waals surface area contributed by atoms with Crippen LogP contribution in [-0.2, 0) is 6.42 Å². The molecule has 0 spiro atoms. The van der Waals surface area contributed by atoms with Crippen molar-refractivity contribution < 1.29 is 4.42 Å². The largest absolute Gasteiger partial charge is 0.461 e. The zero-order chi connectivity index (χ0) is 12.4. The Morgan fingerprint density at radius 2 is 1.94 bits per heavy atom. The lowest BCUT2D eigenvalue weighted by molar-refractivity contribution is 0.391. The third kappa shape index (κ3) is 2.70. The summed E-state index contributed by atoms with van der Waals surface area (Å²) in [6, 6.07) is 6.39. The first-order valence-corrected chi connectivity index (χ1v) is 6.21. The summed E-state index contributed by atoms with van der Waals surface area (Å²) in [6.07, 6.45) is 2.17. The molecule has 0 aliphatic heterocycles. The van der Waals surface area contributed by atoms with Gasteiger partial charge in [0.05, 0.1) is 0 Å². The van der Waals surface area contributed by atoms with E-state index in [1.54, 1.807) is 0 Å². The van der Waals surface area contributed by atoms with Gasteiger partial charge in [0.25, 0.3) is 0 Å². The minimum absolute atomic E-state index is 1.02. The Balaban J connectivity index is 2.20. The monoisotopic (exact) mass is 231 g/mol. The maximum atomic E-state index is 5.92. The summed E-state index contributed by atoms with van der Waals surface area (Å²) in [5.41, 5.74) is 3.62. The summed E-state index contributed by atoms with van der Waals surface area (Å²) in [5.74, 6) is 1.15. The fourth-order valence-electron chi connectivity index (χ4n) is 2.18. The molecular formula is C15H21NO. The summed E-state index contributed by atoms with van der Waals surface area (Å²) < 4.78 is 5.92. The molecule has 0 bridgehead atoms. The normalized spacial score (nSPS) is 11.6. The topological polar surface area (TPSA) is 16.4 Å². The number of furan rings is 1. The van der Waals surface area contributed by atoms with Gasteiger partial charge in [-0.05, 0) is 58.6 Å². The molecule has 0 aliphatic rings. The molecule has 1 heterocycles. The van der Waals surface area contributed by atoms with Crippen molar-refractivity contribution in [3.05, 3.63) is 35.1 Å². The van der Waals surface area contributed by atoms with Crippen LogP contribution in [-0.4, -0.2) is 25.5 Å². The van der Waals surface area contributed by atoms with Gasteiger partial charge in [-0.1, -0.05) is 11.6 Å². The van der Waals surface area contributed by atoms with Gasteiger partial charge in [0.2, 0.25) is 0 Å². The second kappa shape index (κ2) is 4.92. The number of rotatable bonds is 4. The van der Waals surface area contributed by atoms with E-state index in [-0.39, 0.29) is 0 Å². The summed E-state index contributed by atoms with van der Waals surface area (Å²) in [4.78, 5) is 2.21. The van der Waals surface area contributed by atoms with Crippen molar-refractivity contribution in [1.82, 2.24) is 4.90 Å². The molecule has 1 aromatic heterocycles. The minimum Gasteiger partial charge on any atom is -0.461 e. The highest BCUT2D eigenvalue weighted by atomic mass is 16.3. The smallest absolute Gasteiger partial charge is 0.134 e. The Labute approximate surface area is 103 Å². The van der Waals surface area contributed by atoms with Gasteiger partial charge in [-0.2, -0.15) is 0 Å². The molecule has 0 aliphatic carbocycles. The van der Waals surface area contributed by atoms with E-state index in [1.165, 1.54) is 16.5 Å². The molecule has 0 unspecified atom stereocenters. The van der Waals surface area contributed by atoms with Crippen LogP contribution in [0.4, 0.5) is 0 Å². The van der Waals surface area contributed by atoms with Gasteiger partial charge >= 0.3 is 0 Å². The average molecular weight is 231 g/mol. The van der Waals surface area contributed by atoms with Gasteiger partial charge < -0.3 is 9.32 Å². The van der Waals surface area contributed by atoms with E-state index in [0.29, 0.717) is 0 Å². The third-order valence-corrected chi connectivity index (χ3v) is 3.20. The first kappa shape index (κ1) is 12.2. The van der Waals surface area contributed by atoms with E-state index in [0.717, 1.165) is 30.7 Å². The molecule has 0 saturated carbocycles. The van der Waals surface area contributed by atoms with Gasteiger partial charge in [-0.25, -0.2) is 0 Å². The molecule has 17 heavy (non-hydrogen) atoms. The van der Waals surface area contributed by atoms with Crippen molar-refractivity contribution in [3.8, 4) is 0 Å². The van der Waals surface area contributed by atoms with E-state index >= 15 is 0 Å². The second-order valence-corrected chi connectivity index (χ2v) is 5.06. The van der Waals surface area contributed by atoms with Crippen molar-refractivity contribution in [2.75, 3.05) is 20.6 Å². The lowest BCUT2D eigenvalue weighted by Crippen LogP contribution is -2.13.